The fraction of sp³-hybridized carbons (Fsp3) is 0.500. The van der Waals surface area contributed by atoms with Gasteiger partial charge >= 0.3 is 0 Å². The SMILES string of the molecule is O=[PH](c1ccccc1)C1CCCCC1. The molecule has 1 unspecified atom stereocenters. The zero-order valence-electron chi connectivity index (χ0n) is 8.41. The zero-order chi connectivity index (χ0) is 9.80. The Bertz CT molecular complexity index is 301. The monoisotopic (exact) mass is 208 g/mol. The fourth-order valence-electron chi connectivity index (χ4n) is 2.20. The van der Waals surface area contributed by atoms with Gasteiger partial charge in [0.25, 0.3) is 0 Å². The largest absolute Gasteiger partial charge is 0.322 e. The molecule has 1 saturated carbocycles. The first-order chi connectivity index (χ1) is 6.88. The van der Waals surface area contributed by atoms with Crippen molar-refractivity contribution in [3.8, 4) is 0 Å². The minimum absolute atomic E-state index is 0.483. The van der Waals surface area contributed by atoms with Crippen LogP contribution in [0.1, 0.15) is 32.1 Å². The Morgan fingerprint density at radius 3 is 2.29 bits per heavy atom. The average molecular weight is 208 g/mol. The van der Waals surface area contributed by atoms with E-state index in [1.165, 1.54) is 32.1 Å². The Morgan fingerprint density at radius 1 is 1.00 bits per heavy atom. The molecule has 76 valence electrons. The Balaban J connectivity index is 2.07. The molecule has 1 aromatic rings. The summed E-state index contributed by atoms with van der Waals surface area (Å²) in [6.45, 7) is 0. The van der Waals surface area contributed by atoms with Crippen LogP contribution in [-0.4, -0.2) is 5.66 Å². The van der Waals surface area contributed by atoms with E-state index >= 15 is 0 Å². The summed E-state index contributed by atoms with van der Waals surface area (Å²) in [5.41, 5.74) is 0.483. The highest BCUT2D eigenvalue weighted by atomic mass is 31.1. The summed E-state index contributed by atoms with van der Waals surface area (Å²) in [4.78, 5) is 0. The molecule has 0 amide bonds. The molecule has 2 rings (SSSR count). The predicted octanol–water partition coefficient (Wildman–Crippen LogP) is 3.20. The van der Waals surface area contributed by atoms with Gasteiger partial charge in [0.15, 0.2) is 0 Å². The van der Waals surface area contributed by atoms with Gasteiger partial charge in [-0.25, -0.2) is 0 Å². The van der Waals surface area contributed by atoms with Crippen molar-refractivity contribution < 1.29 is 4.57 Å². The molecular formula is C12H17OP. The maximum Gasteiger partial charge on any atom is 0.107 e. The van der Waals surface area contributed by atoms with Gasteiger partial charge in [0.2, 0.25) is 0 Å². The van der Waals surface area contributed by atoms with Gasteiger partial charge in [-0.15, -0.1) is 0 Å². The lowest BCUT2D eigenvalue weighted by Gasteiger charge is -2.21. The van der Waals surface area contributed by atoms with Gasteiger partial charge < -0.3 is 4.57 Å². The second-order valence-corrected chi connectivity index (χ2v) is 6.19. The molecule has 14 heavy (non-hydrogen) atoms. The van der Waals surface area contributed by atoms with Crippen LogP contribution in [0.5, 0.6) is 0 Å². The molecule has 0 heterocycles. The standard InChI is InChI=1S/C12H17OP/c13-14(11-7-3-1-4-8-11)12-9-5-2-6-10-12/h1,3-4,7-8,12,14H,2,5-6,9-10H2. The maximum atomic E-state index is 12.2. The van der Waals surface area contributed by atoms with Crippen LogP contribution < -0.4 is 5.30 Å². The number of rotatable bonds is 2. The molecule has 0 radical (unpaired) electrons. The first kappa shape index (κ1) is 9.98. The van der Waals surface area contributed by atoms with E-state index < -0.39 is 7.80 Å². The van der Waals surface area contributed by atoms with Crippen LogP contribution in [-0.2, 0) is 4.57 Å². The molecule has 1 aliphatic rings. The minimum atomic E-state index is -1.52. The summed E-state index contributed by atoms with van der Waals surface area (Å²) in [7, 11) is -1.52. The van der Waals surface area contributed by atoms with Crippen molar-refractivity contribution in [3.05, 3.63) is 30.3 Å². The summed E-state index contributed by atoms with van der Waals surface area (Å²) in [6.07, 6.45) is 6.22. The lowest BCUT2D eigenvalue weighted by Crippen LogP contribution is -2.12. The van der Waals surface area contributed by atoms with Gasteiger partial charge in [-0.1, -0.05) is 49.6 Å². The van der Waals surface area contributed by atoms with Crippen molar-refractivity contribution >= 4 is 13.1 Å². The number of hydrogen-bond donors (Lipinski definition) is 0. The van der Waals surface area contributed by atoms with Gasteiger partial charge in [0.1, 0.15) is 7.80 Å². The van der Waals surface area contributed by atoms with Crippen molar-refractivity contribution in [1.82, 2.24) is 0 Å². The molecule has 1 atom stereocenters. The summed E-state index contributed by atoms with van der Waals surface area (Å²) in [5.74, 6) is 0. The van der Waals surface area contributed by atoms with Crippen LogP contribution in [0, 0.1) is 0 Å². The highest BCUT2D eigenvalue weighted by molar-refractivity contribution is 7.54. The third-order valence-corrected chi connectivity index (χ3v) is 5.26. The second kappa shape index (κ2) is 4.79. The van der Waals surface area contributed by atoms with E-state index in [1.54, 1.807) is 0 Å². The Hall–Kier alpha value is -0.550. The summed E-state index contributed by atoms with van der Waals surface area (Å²) in [5, 5.41) is 1.07. The van der Waals surface area contributed by atoms with Crippen LogP contribution in [0.25, 0.3) is 0 Å². The van der Waals surface area contributed by atoms with Crippen LogP contribution in [0.2, 0.25) is 0 Å². The highest BCUT2D eigenvalue weighted by Crippen LogP contribution is 2.37. The van der Waals surface area contributed by atoms with E-state index in [0.717, 1.165) is 5.30 Å². The number of hydrogen-bond acceptors (Lipinski definition) is 1. The molecule has 0 bridgehead atoms. The molecule has 0 aliphatic heterocycles. The van der Waals surface area contributed by atoms with E-state index in [4.69, 9.17) is 0 Å². The van der Waals surface area contributed by atoms with Gasteiger partial charge in [-0.3, -0.25) is 0 Å². The zero-order valence-corrected chi connectivity index (χ0v) is 9.41. The molecule has 0 aromatic heterocycles. The molecule has 0 saturated heterocycles. The van der Waals surface area contributed by atoms with E-state index in [1.807, 2.05) is 30.3 Å². The highest BCUT2D eigenvalue weighted by Gasteiger charge is 2.20. The van der Waals surface area contributed by atoms with E-state index in [0.29, 0.717) is 5.66 Å². The third kappa shape index (κ3) is 2.27. The van der Waals surface area contributed by atoms with E-state index in [9.17, 15) is 4.57 Å². The molecule has 1 aromatic carbocycles. The lowest BCUT2D eigenvalue weighted by atomic mass is 10.0. The summed E-state index contributed by atoms with van der Waals surface area (Å²) < 4.78 is 12.2. The summed E-state index contributed by atoms with van der Waals surface area (Å²) >= 11 is 0. The Morgan fingerprint density at radius 2 is 1.64 bits per heavy atom. The van der Waals surface area contributed by atoms with Crippen molar-refractivity contribution in [2.24, 2.45) is 0 Å². The molecular weight excluding hydrogens is 191 g/mol. The van der Waals surface area contributed by atoms with Gasteiger partial charge in [-0.2, -0.15) is 0 Å². The molecule has 0 N–H and O–H groups in total. The number of benzene rings is 1. The smallest absolute Gasteiger partial charge is 0.107 e. The van der Waals surface area contributed by atoms with Crippen molar-refractivity contribution in [2.75, 3.05) is 0 Å². The van der Waals surface area contributed by atoms with Gasteiger partial charge in [0, 0.05) is 11.0 Å². The van der Waals surface area contributed by atoms with Crippen LogP contribution in [0.15, 0.2) is 30.3 Å². The lowest BCUT2D eigenvalue weighted by molar-refractivity contribution is 0.494. The van der Waals surface area contributed by atoms with Crippen LogP contribution in [0.4, 0.5) is 0 Å². The minimum Gasteiger partial charge on any atom is -0.322 e. The molecule has 1 nitrogen and oxygen atoms in total. The van der Waals surface area contributed by atoms with E-state index in [-0.39, 0.29) is 0 Å². The molecule has 0 spiro atoms. The summed E-state index contributed by atoms with van der Waals surface area (Å²) in [6, 6.07) is 9.98. The third-order valence-electron chi connectivity index (χ3n) is 3.03. The molecule has 1 aliphatic carbocycles. The molecule has 2 heteroatoms. The first-order valence-electron chi connectivity index (χ1n) is 5.47. The van der Waals surface area contributed by atoms with Gasteiger partial charge in [0.05, 0.1) is 0 Å². The first-order valence-corrected chi connectivity index (χ1v) is 6.96. The second-order valence-electron chi connectivity index (χ2n) is 4.07. The van der Waals surface area contributed by atoms with Crippen molar-refractivity contribution in [3.63, 3.8) is 0 Å². The Labute approximate surface area is 86.3 Å². The van der Waals surface area contributed by atoms with Gasteiger partial charge in [-0.05, 0) is 12.8 Å². The van der Waals surface area contributed by atoms with Crippen molar-refractivity contribution in [1.29, 1.82) is 0 Å². The average Bonchev–Trinajstić information content (AvgIpc) is 2.30. The van der Waals surface area contributed by atoms with Crippen LogP contribution in [0.3, 0.4) is 0 Å². The topological polar surface area (TPSA) is 17.1 Å². The Kier molecular flexibility index (Phi) is 3.42. The molecule has 1 fully saturated rings. The van der Waals surface area contributed by atoms with E-state index in [2.05, 4.69) is 0 Å². The quantitative estimate of drug-likeness (QED) is 0.682. The normalized spacial score (nSPS) is 20.6. The fourth-order valence-corrected chi connectivity index (χ4v) is 4.13. The van der Waals surface area contributed by atoms with Crippen LogP contribution >= 0.6 is 7.80 Å². The predicted molar refractivity (Wildman–Crippen MR) is 62.0 cm³/mol. The maximum absolute atomic E-state index is 12.2. The van der Waals surface area contributed by atoms with Crippen molar-refractivity contribution in [2.45, 2.75) is 37.8 Å².